The summed E-state index contributed by atoms with van der Waals surface area (Å²) in [4.78, 5) is 17.9. The van der Waals surface area contributed by atoms with Gasteiger partial charge in [-0.1, -0.05) is 0 Å². The Morgan fingerprint density at radius 3 is 2.82 bits per heavy atom. The summed E-state index contributed by atoms with van der Waals surface area (Å²) in [5.41, 5.74) is 0.861. The lowest BCUT2D eigenvalue weighted by Crippen LogP contribution is -2.29. The predicted octanol–water partition coefficient (Wildman–Crippen LogP) is 2.67. The molecule has 2 rings (SSSR count). The Kier molecular flexibility index (Phi) is 4.59. The van der Waals surface area contributed by atoms with Gasteiger partial charge in [-0.2, -0.15) is 5.26 Å². The molecule has 0 spiro atoms. The first kappa shape index (κ1) is 16.1. The number of rotatable bonds is 2. The van der Waals surface area contributed by atoms with E-state index in [1.165, 1.54) is 13.2 Å². The summed E-state index contributed by atoms with van der Waals surface area (Å²) in [6.45, 7) is 2.14. The molecule has 0 aliphatic carbocycles. The lowest BCUT2D eigenvalue weighted by atomic mass is 10.1. The van der Waals surface area contributed by atoms with Crippen molar-refractivity contribution in [3.8, 4) is 6.07 Å². The van der Waals surface area contributed by atoms with E-state index in [0.29, 0.717) is 24.5 Å². The summed E-state index contributed by atoms with van der Waals surface area (Å²) in [6.07, 6.45) is -0.144. The smallest absolute Gasteiger partial charge is 0.341 e. The molecule has 7 heteroatoms. The van der Waals surface area contributed by atoms with Crippen molar-refractivity contribution in [1.82, 2.24) is 4.98 Å². The van der Waals surface area contributed by atoms with Crippen LogP contribution >= 0.6 is 0 Å². The minimum Gasteiger partial charge on any atom is -0.465 e. The summed E-state index contributed by atoms with van der Waals surface area (Å²) in [5, 5.41) is 9.06. The van der Waals surface area contributed by atoms with Crippen molar-refractivity contribution in [3.63, 3.8) is 0 Å². The van der Waals surface area contributed by atoms with E-state index in [0.717, 1.165) is 0 Å². The summed E-state index contributed by atoms with van der Waals surface area (Å²) < 4.78 is 31.7. The van der Waals surface area contributed by atoms with E-state index in [9.17, 15) is 13.6 Å². The second-order valence-corrected chi connectivity index (χ2v) is 5.29. The topological polar surface area (TPSA) is 66.2 Å². The second kappa shape index (κ2) is 6.26. The number of hydrogen-bond donors (Lipinski definition) is 0. The number of esters is 1. The number of nitrogens with zero attached hydrogens (tertiary/aromatic N) is 3. The van der Waals surface area contributed by atoms with Crippen LogP contribution in [-0.4, -0.2) is 37.1 Å². The number of halogens is 2. The van der Waals surface area contributed by atoms with Gasteiger partial charge in [0.15, 0.2) is 0 Å². The molecule has 0 bridgehead atoms. The molecule has 1 aromatic rings. The van der Waals surface area contributed by atoms with Crippen molar-refractivity contribution in [3.05, 3.63) is 22.9 Å². The molecule has 1 aliphatic rings. The van der Waals surface area contributed by atoms with Gasteiger partial charge < -0.3 is 9.64 Å². The van der Waals surface area contributed by atoms with Crippen LogP contribution < -0.4 is 4.90 Å². The molecule has 1 aromatic heterocycles. The van der Waals surface area contributed by atoms with Crippen LogP contribution in [0.1, 0.15) is 40.9 Å². The third-order valence-corrected chi connectivity index (χ3v) is 3.74. The van der Waals surface area contributed by atoms with Gasteiger partial charge >= 0.3 is 5.97 Å². The molecule has 1 aliphatic heterocycles. The molecule has 22 heavy (non-hydrogen) atoms. The van der Waals surface area contributed by atoms with Crippen molar-refractivity contribution < 1.29 is 18.3 Å². The van der Waals surface area contributed by atoms with E-state index in [1.807, 2.05) is 6.07 Å². The van der Waals surface area contributed by atoms with Crippen molar-refractivity contribution in [2.75, 3.05) is 25.1 Å². The fourth-order valence-corrected chi connectivity index (χ4v) is 2.48. The molecule has 118 valence electrons. The Bertz CT molecular complexity index is 626. The van der Waals surface area contributed by atoms with E-state index in [1.54, 1.807) is 11.8 Å². The number of aryl methyl sites for hydroxylation is 1. The second-order valence-electron chi connectivity index (χ2n) is 5.29. The summed E-state index contributed by atoms with van der Waals surface area (Å²) in [6, 6.07) is 3.37. The number of aromatic nitrogens is 1. The molecular weight excluding hydrogens is 292 g/mol. The molecule has 0 saturated carbocycles. The van der Waals surface area contributed by atoms with E-state index in [4.69, 9.17) is 10.00 Å². The third-order valence-electron chi connectivity index (χ3n) is 3.74. The molecule has 1 saturated heterocycles. The maximum absolute atomic E-state index is 13.5. The van der Waals surface area contributed by atoms with Crippen LogP contribution in [0.15, 0.2) is 6.07 Å². The molecule has 0 radical (unpaired) electrons. The van der Waals surface area contributed by atoms with Gasteiger partial charge in [0.05, 0.1) is 18.4 Å². The number of pyridine rings is 1. The Morgan fingerprint density at radius 2 is 2.18 bits per heavy atom. The number of methoxy groups -OCH3 is 1. The minimum atomic E-state index is -2.69. The fraction of sp³-hybridized carbons (Fsp3) is 0.533. The first-order valence-corrected chi connectivity index (χ1v) is 7.01. The monoisotopic (exact) mass is 309 g/mol. The van der Waals surface area contributed by atoms with Gasteiger partial charge in [-0.15, -0.1) is 0 Å². The minimum absolute atomic E-state index is 0.106. The van der Waals surface area contributed by atoms with E-state index >= 15 is 0 Å². The Labute approximate surface area is 127 Å². The zero-order chi connectivity index (χ0) is 16.3. The van der Waals surface area contributed by atoms with E-state index < -0.39 is 11.9 Å². The molecule has 1 fully saturated rings. The molecule has 0 amide bonds. The fourth-order valence-electron chi connectivity index (χ4n) is 2.48. The van der Waals surface area contributed by atoms with Crippen molar-refractivity contribution in [2.24, 2.45) is 0 Å². The van der Waals surface area contributed by atoms with Crippen LogP contribution in [-0.2, 0) is 4.74 Å². The first-order valence-electron chi connectivity index (χ1n) is 7.01. The van der Waals surface area contributed by atoms with Gasteiger partial charge in [0, 0.05) is 25.9 Å². The van der Waals surface area contributed by atoms with E-state index in [2.05, 4.69) is 4.98 Å². The summed E-state index contributed by atoms with van der Waals surface area (Å²) in [7, 11) is 1.23. The highest BCUT2D eigenvalue weighted by Gasteiger charge is 2.33. The van der Waals surface area contributed by atoms with Crippen molar-refractivity contribution >= 4 is 11.8 Å². The van der Waals surface area contributed by atoms with Gasteiger partial charge in [-0.05, 0) is 19.4 Å². The first-order chi connectivity index (χ1) is 10.4. The van der Waals surface area contributed by atoms with Gasteiger partial charge in [0.2, 0.25) is 5.92 Å². The molecule has 0 aromatic carbocycles. The normalized spacial score (nSPS) is 17.5. The average molecular weight is 309 g/mol. The molecule has 2 heterocycles. The van der Waals surface area contributed by atoms with Crippen molar-refractivity contribution in [1.29, 1.82) is 5.26 Å². The largest absolute Gasteiger partial charge is 0.465 e. The van der Waals surface area contributed by atoms with Crippen LogP contribution in [0.5, 0.6) is 0 Å². The highest BCUT2D eigenvalue weighted by molar-refractivity contribution is 5.95. The van der Waals surface area contributed by atoms with Gasteiger partial charge in [0.1, 0.15) is 17.5 Å². The quantitative estimate of drug-likeness (QED) is 0.786. The van der Waals surface area contributed by atoms with Crippen molar-refractivity contribution in [2.45, 2.75) is 32.1 Å². The number of carbonyl (C=O) groups excluding carboxylic acids is 1. The highest BCUT2D eigenvalue weighted by Crippen LogP contribution is 2.31. The Hall–Kier alpha value is -2.23. The average Bonchev–Trinajstić information content (AvgIpc) is 2.67. The summed E-state index contributed by atoms with van der Waals surface area (Å²) >= 11 is 0. The third kappa shape index (κ3) is 3.32. The van der Waals surface area contributed by atoms with Gasteiger partial charge in [-0.25, -0.2) is 18.6 Å². The highest BCUT2D eigenvalue weighted by atomic mass is 19.3. The van der Waals surface area contributed by atoms with Crippen LogP contribution in [0.4, 0.5) is 14.6 Å². The molecular formula is C15H17F2N3O2. The van der Waals surface area contributed by atoms with Gasteiger partial charge in [-0.3, -0.25) is 0 Å². The standard InChI is InChI=1S/C15H17F2N3O2/c1-10-11(9-18)8-12(14(21)22-2)13(19-10)20-6-3-4-15(16,17)5-7-20/h8H,3-7H2,1-2H3. The zero-order valence-electron chi connectivity index (χ0n) is 12.5. The maximum Gasteiger partial charge on any atom is 0.341 e. The summed E-state index contributed by atoms with van der Waals surface area (Å²) in [5.74, 6) is -3.02. The van der Waals surface area contributed by atoms with Crippen LogP contribution in [0.25, 0.3) is 0 Å². The Morgan fingerprint density at radius 1 is 1.45 bits per heavy atom. The number of carbonyl (C=O) groups is 1. The zero-order valence-corrected chi connectivity index (χ0v) is 12.5. The van der Waals surface area contributed by atoms with Crippen LogP contribution in [0.2, 0.25) is 0 Å². The van der Waals surface area contributed by atoms with Crippen LogP contribution in [0, 0.1) is 18.3 Å². The molecule has 0 unspecified atom stereocenters. The predicted molar refractivity (Wildman–Crippen MR) is 76.0 cm³/mol. The number of nitriles is 1. The van der Waals surface area contributed by atoms with E-state index in [-0.39, 0.29) is 30.5 Å². The SMILES string of the molecule is COC(=O)c1cc(C#N)c(C)nc1N1CCCC(F)(F)CC1. The molecule has 0 atom stereocenters. The Balaban J connectivity index is 2.43. The number of alkyl halides is 2. The maximum atomic E-state index is 13.5. The van der Waals surface area contributed by atoms with Crippen LogP contribution in [0.3, 0.4) is 0 Å². The van der Waals surface area contributed by atoms with Gasteiger partial charge in [0.25, 0.3) is 0 Å². The lowest BCUT2D eigenvalue weighted by molar-refractivity contribution is -0.0102. The number of ether oxygens (including phenoxy) is 1. The molecule has 0 N–H and O–H groups in total. The lowest BCUT2D eigenvalue weighted by Gasteiger charge is -2.24. The molecule has 5 nitrogen and oxygen atoms in total. The number of hydrogen-bond acceptors (Lipinski definition) is 5. The number of anilines is 1.